The van der Waals surface area contributed by atoms with Gasteiger partial charge in [0.25, 0.3) is 10.2 Å². The van der Waals surface area contributed by atoms with Crippen molar-refractivity contribution in [2.75, 3.05) is 12.5 Å². The molecule has 0 aliphatic carbocycles. The van der Waals surface area contributed by atoms with Gasteiger partial charge in [-0.05, 0) is 16.8 Å². The maximum Gasteiger partial charge on any atom is 0.253 e. The van der Waals surface area contributed by atoms with Gasteiger partial charge in [0.1, 0.15) is 12.5 Å². The van der Waals surface area contributed by atoms with Gasteiger partial charge in [0.05, 0.1) is 0 Å². The summed E-state index contributed by atoms with van der Waals surface area (Å²) in [5, 5.41) is 4.19. The van der Waals surface area contributed by atoms with E-state index in [2.05, 4.69) is 6.07 Å². The molecular weight excluding hydrogens is 256 g/mol. The number of hydrogen-bond donors (Lipinski definition) is 0. The van der Waals surface area contributed by atoms with Crippen molar-refractivity contribution in [1.82, 2.24) is 0 Å². The average Bonchev–Trinajstić information content (AvgIpc) is 2.37. The Labute approximate surface area is 113 Å². The molecule has 0 N–H and O–H groups in total. The van der Waals surface area contributed by atoms with Crippen LogP contribution in [0.1, 0.15) is 0 Å². The van der Waals surface area contributed by atoms with Crippen LogP contribution in [0.4, 0.5) is 0 Å². The van der Waals surface area contributed by atoms with Crippen LogP contribution in [0.2, 0.25) is 0 Å². The molecule has 0 aliphatic heterocycles. The van der Waals surface area contributed by atoms with Crippen molar-refractivity contribution in [3.8, 4) is 5.75 Å². The summed E-state index contributed by atoms with van der Waals surface area (Å²) in [5.74, 6) is 0.712. The third kappa shape index (κ3) is 2.34. The molecule has 3 rings (SSSR count). The monoisotopic (exact) mass is 271 g/mol. The van der Waals surface area contributed by atoms with Crippen molar-refractivity contribution < 1.29 is 8.39 Å². The van der Waals surface area contributed by atoms with E-state index in [1.165, 1.54) is 0 Å². The SMILES string of the molecule is C[S+](C)(=O)Oc1c2ccccc2cc2ccccc12. The lowest BCUT2D eigenvalue weighted by molar-refractivity contribution is 0.516. The third-order valence-corrected chi connectivity index (χ3v) is 3.57. The molecule has 96 valence electrons. The molecule has 3 aromatic carbocycles. The highest BCUT2D eigenvalue weighted by atomic mass is 32.3. The Bertz CT molecular complexity index is 748. The normalized spacial score (nSPS) is 11.9. The molecule has 19 heavy (non-hydrogen) atoms. The van der Waals surface area contributed by atoms with Crippen LogP contribution in [0.15, 0.2) is 54.6 Å². The van der Waals surface area contributed by atoms with E-state index in [-0.39, 0.29) is 0 Å². The van der Waals surface area contributed by atoms with E-state index in [9.17, 15) is 4.21 Å². The highest BCUT2D eigenvalue weighted by molar-refractivity contribution is 7.97. The van der Waals surface area contributed by atoms with Gasteiger partial charge in [-0.2, -0.15) is 0 Å². The zero-order valence-corrected chi connectivity index (χ0v) is 11.7. The van der Waals surface area contributed by atoms with E-state index < -0.39 is 10.2 Å². The summed E-state index contributed by atoms with van der Waals surface area (Å²) in [6.07, 6.45) is 3.23. The average molecular weight is 271 g/mol. The lowest BCUT2D eigenvalue weighted by atomic mass is 10.0. The Morgan fingerprint density at radius 2 is 1.32 bits per heavy atom. The van der Waals surface area contributed by atoms with Gasteiger partial charge in [0, 0.05) is 10.8 Å². The highest BCUT2D eigenvalue weighted by Crippen LogP contribution is 2.35. The minimum absolute atomic E-state index is 0.712. The van der Waals surface area contributed by atoms with Crippen LogP contribution in [-0.4, -0.2) is 12.5 Å². The van der Waals surface area contributed by atoms with Crippen LogP contribution in [-0.2, 0) is 14.4 Å². The van der Waals surface area contributed by atoms with Gasteiger partial charge in [-0.15, -0.1) is 0 Å². The summed E-state index contributed by atoms with van der Waals surface area (Å²) in [5.41, 5.74) is 0. The van der Waals surface area contributed by atoms with Crippen molar-refractivity contribution in [3.63, 3.8) is 0 Å². The fourth-order valence-corrected chi connectivity index (χ4v) is 2.84. The van der Waals surface area contributed by atoms with Crippen LogP contribution in [0.3, 0.4) is 0 Å². The molecule has 3 heteroatoms. The van der Waals surface area contributed by atoms with Crippen LogP contribution >= 0.6 is 0 Å². The molecule has 0 fully saturated rings. The number of hydrogen-bond acceptors (Lipinski definition) is 2. The Hall–Kier alpha value is -1.87. The standard InChI is InChI=1S/C16H15O2S/c1-19(2,17)18-16-14-9-5-3-7-12(14)11-13-8-4-6-10-15(13)16/h3-11H,1-2H3/q+1. The smallest absolute Gasteiger partial charge is 0.253 e. The molecular formula is C16H15O2S+. The van der Waals surface area contributed by atoms with Gasteiger partial charge < -0.3 is 0 Å². The number of benzene rings is 3. The molecule has 0 saturated carbocycles. The molecule has 0 bridgehead atoms. The molecule has 0 unspecified atom stereocenters. The molecule has 2 nitrogen and oxygen atoms in total. The first kappa shape index (κ1) is 12.2. The van der Waals surface area contributed by atoms with Crippen LogP contribution in [0, 0.1) is 0 Å². The molecule has 0 saturated heterocycles. The largest absolute Gasteiger partial charge is 0.285 e. The maximum absolute atomic E-state index is 12.0. The molecule has 3 aromatic rings. The first-order chi connectivity index (χ1) is 9.04. The van der Waals surface area contributed by atoms with E-state index in [1.54, 1.807) is 12.5 Å². The van der Waals surface area contributed by atoms with Crippen molar-refractivity contribution in [2.24, 2.45) is 0 Å². The molecule has 0 aromatic heterocycles. The van der Waals surface area contributed by atoms with Gasteiger partial charge >= 0.3 is 0 Å². The van der Waals surface area contributed by atoms with E-state index in [0.717, 1.165) is 21.5 Å². The second kappa shape index (κ2) is 4.35. The van der Waals surface area contributed by atoms with Crippen molar-refractivity contribution >= 4 is 31.8 Å². The minimum atomic E-state index is -2.31. The quantitative estimate of drug-likeness (QED) is 0.519. The predicted molar refractivity (Wildman–Crippen MR) is 82.0 cm³/mol. The molecule has 0 aliphatic rings. The Balaban J connectivity index is 2.43. The van der Waals surface area contributed by atoms with Crippen molar-refractivity contribution in [3.05, 3.63) is 54.6 Å². The topological polar surface area (TPSA) is 26.3 Å². The molecule has 0 atom stereocenters. The summed E-state index contributed by atoms with van der Waals surface area (Å²) in [6.45, 7) is 0. The fourth-order valence-electron chi connectivity index (χ4n) is 2.26. The zero-order chi connectivity index (χ0) is 13.5. The molecule has 0 amide bonds. The second-order valence-electron chi connectivity index (χ2n) is 4.87. The van der Waals surface area contributed by atoms with E-state index in [4.69, 9.17) is 4.18 Å². The van der Waals surface area contributed by atoms with Crippen LogP contribution < -0.4 is 4.18 Å². The summed E-state index contributed by atoms with van der Waals surface area (Å²) >= 11 is 0. The minimum Gasteiger partial charge on any atom is -0.285 e. The number of fused-ring (bicyclic) bond motifs is 2. The first-order valence-electron chi connectivity index (χ1n) is 6.09. The fraction of sp³-hybridized carbons (Fsp3) is 0.125. The summed E-state index contributed by atoms with van der Waals surface area (Å²) in [7, 11) is -2.31. The molecule has 0 heterocycles. The van der Waals surface area contributed by atoms with Gasteiger partial charge in [0.2, 0.25) is 5.75 Å². The summed E-state index contributed by atoms with van der Waals surface area (Å²) in [4.78, 5) is 0. The lowest BCUT2D eigenvalue weighted by Crippen LogP contribution is -2.13. The van der Waals surface area contributed by atoms with Gasteiger partial charge in [-0.1, -0.05) is 52.7 Å². The summed E-state index contributed by atoms with van der Waals surface area (Å²) < 4.78 is 17.8. The third-order valence-electron chi connectivity index (χ3n) is 3.01. The van der Waals surface area contributed by atoms with Gasteiger partial charge in [-0.25, -0.2) is 0 Å². The zero-order valence-electron chi connectivity index (χ0n) is 10.9. The van der Waals surface area contributed by atoms with E-state index in [1.807, 2.05) is 48.5 Å². The molecule has 0 spiro atoms. The first-order valence-corrected chi connectivity index (χ1v) is 8.39. The van der Waals surface area contributed by atoms with Crippen molar-refractivity contribution in [1.29, 1.82) is 0 Å². The Morgan fingerprint density at radius 1 is 0.842 bits per heavy atom. The van der Waals surface area contributed by atoms with Crippen LogP contribution in [0.5, 0.6) is 5.75 Å². The van der Waals surface area contributed by atoms with Crippen molar-refractivity contribution in [2.45, 2.75) is 0 Å². The molecule has 0 radical (unpaired) electrons. The lowest BCUT2D eigenvalue weighted by Gasteiger charge is -2.10. The van der Waals surface area contributed by atoms with Crippen LogP contribution in [0.25, 0.3) is 21.5 Å². The highest BCUT2D eigenvalue weighted by Gasteiger charge is 2.20. The second-order valence-corrected chi connectivity index (χ2v) is 7.33. The Morgan fingerprint density at radius 3 is 1.79 bits per heavy atom. The van der Waals surface area contributed by atoms with E-state index in [0.29, 0.717) is 5.75 Å². The van der Waals surface area contributed by atoms with E-state index >= 15 is 0 Å². The van der Waals surface area contributed by atoms with Gasteiger partial charge in [-0.3, -0.25) is 4.18 Å². The predicted octanol–water partition coefficient (Wildman–Crippen LogP) is 4.05. The maximum atomic E-state index is 12.0. The Kier molecular flexibility index (Phi) is 2.79. The number of rotatable bonds is 2. The summed E-state index contributed by atoms with van der Waals surface area (Å²) in [6, 6.07) is 18.2. The van der Waals surface area contributed by atoms with Gasteiger partial charge in [0.15, 0.2) is 0 Å².